The fourth-order valence-electron chi connectivity index (χ4n) is 4.84. The second kappa shape index (κ2) is 7.73. The maximum absolute atomic E-state index is 13.5. The van der Waals surface area contributed by atoms with E-state index in [2.05, 4.69) is 17.4 Å². The molecule has 4 nitrogen and oxygen atoms in total. The number of hydrogen-bond donors (Lipinski definition) is 1. The van der Waals surface area contributed by atoms with Crippen molar-refractivity contribution in [1.29, 1.82) is 0 Å². The highest BCUT2D eigenvalue weighted by atomic mass is 16.5. The van der Waals surface area contributed by atoms with Crippen molar-refractivity contribution in [2.45, 2.75) is 37.8 Å². The standard InChI is InChI=1S/C23H27NO3/c1-26-19-13-7-5-9-15(19)21-17-11-3-4-12-18(23(17)25)22(24-21)16-10-6-8-14-20(16)27-2/h5-10,13-14,17-18,21-22,24H,3-4,11-12H2,1-2H3/t17-,18-,21-,22-/m1/s1. The number of ether oxygens (including phenoxy) is 2. The molecule has 1 aliphatic carbocycles. The molecule has 1 heterocycles. The van der Waals surface area contributed by atoms with Crippen LogP contribution in [0.25, 0.3) is 0 Å². The van der Waals surface area contributed by atoms with E-state index in [9.17, 15) is 4.79 Å². The highest BCUT2D eigenvalue weighted by Crippen LogP contribution is 2.47. The summed E-state index contributed by atoms with van der Waals surface area (Å²) in [5.41, 5.74) is 2.14. The van der Waals surface area contributed by atoms with Crippen molar-refractivity contribution in [3.63, 3.8) is 0 Å². The number of methoxy groups -OCH3 is 2. The van der Waals surface area contributed by atoms with Crippen molar-refractivity contribution in [2.75, 3.05) is 14.2 Å². The van der Waals surface area contributed by atoms with Crippen LogP contribution in [0, 0.1) is 11.8 Å². The first-order chi connectivity index (χ1) is 13.2. The third-order valence-electron chi connectivity index (χ3n) is 6.12. The first-order valence-corrected chi connectivity index (χ1v) is 9.80. The van der Waals surface area contributed by atoms with Gasteiger partial charge in [-0.15, -0.1) is 0 Å². The molecule has 2 fully saturated rings. The lowest BCUT2D eigenvalue weighted by molar-refractivity contribution is -0.131. The van der Waals surface area contributed by atoms with E-state index in [1.54, 1.807) is 14.2 Å². The summed E-state index contributed by atoms with van der Waals surface area (Å²) in [4.78, 5) is 13.5. The Bertz CT molecular complexity index is 753. The maximum atomic E-state index is 13.5. The van der Waals surface area contributed by atoms with Gasteiger partial charge in [-0.1, -0.05) is 49.2 Å². The number of para-hydroxylation sites is 2. The molecule has 4 heteroatoms. The molecular weight excluding hydrogens is 338 g/mol. The summed E-state index contributed by atoms with van der Waals surface area (Å²) in [6.45, 7) is 0. The smallest absolute Gasteiger partial charge is 0.142 e. The van der Waals surface area contributed by atoms with Crippen molar-refractivity contribution < 1.29 is 14.3 Å². The number of carbonyl (C=O) groups excluding carboxylic acids is 1. The Hall–Kier alpha value is -2.33. The fraction of sp³-hybridized carbons (Fsp3) is 0.435. The van der Waals surface area contributed by atoms with Crippen LogP contribution in [0.15, 0.2) is 48.5 Å². The molecule has 0 radical (unpaired) electrons. The number of hydrogen-bond acceptors (Lipinski definition) is 4. The first kappa shape index (κ1) is 18.1. The third-order valence-corrected chi connectivity index (χ3v) is 6.12. The second-order valence-corrected chi connectivity index (χ2v) is 7.51. The third kappa shape index (κ3) is 3.23. The molecule has 1 N–H and O–H groups in total. The van der Waals surface area contributed by atoms with Crippen molar-refractivity contribution >= 4 is 5.78 Å². The van der Waals surface area contributed by atoms with Gasteiger partial charge < -0.3 is 14.8 Å². The van der Waals surface area contributed by atoms with Gasteiger partial charge in [-0.3, -0.25) is 4.79 Å². The van der Waals surface area contributed by atoms with Gasteiger partial charge in [-0.2, -0.15) is 0 Å². The maximum Gasteiger partial charge on any atom is 0.142 e. The summed E-state index contributed by atoms with van der Waals surface area (Å²) in [6.07, 6.45) is 4.06. The predicted molar refractivity (Wildman–Crippen MR) is 105 cm³/mol. The fourth-order valence-corrected chi connectivity index (χ4v) is 4.84. The second-order valence-electron chi connectivity index (χ2n) is 7.51. The zero-order chi connectivity index (χ0) is 18.8. The molecule has 2 bridgehead atoms. The Morgan fingerprint density at radius 2 is 1.22 bits per heavy atom. The molecule has 2 aliphatic rings. The molecule has 4 atom stereocenters. The Labute approximate surface area is 160 Å². The zero-order valence-electron chi connectivity index (χ0n) is 16.0. The first-order valence-electron chi connectivity index (χ1n) is 9.80. The van der Waals surface area contributed by atoms with Crippen LogP contribution < -0.4 is 14.8 Å². The number of carbonyl (C=O) groups is 1. The highest BCUT2D eigenvalue weighted by Gasteiger charge is 2.46. The lowest BCUT2D eigenvalue weighted by atomic mass is 9.73. The SMILES string of the molecule is COc1ccccc1[C@H]1N[C@H](c2ccccc2OC)[C@H]2CCCC[C@H]1C2=O. The molecule has 0 spiro atoms. The van der Waals surface area contributed by atoms with Crippen LogP contribution in [0.2, 0.25) is 0 Å². The lowest BCUT2D eigenvalue weighted by Gasteiger charge is -2.41. The summed E-state index contributed by atoms with van der Waals surface area (Å²) >= 11 is 0. The minimum Gasteiger partial charge on any atom is -0.496 e. The summed E-state index contributed by atoms with van der Waals surface area (Å²) < 4.78 is 11.2. The van der Waals surface area contributed by atoms with Gasteiger partial charge in [0.2, 0.25) is 0 Å². The molecule has 2 aromatic rings. The van der Waals surface area contributed by atoms with Crippen molar-refractivity contribution in [3.05, 3.63) is 59.7 Å². The summed E-state index contributed by atoms with van der Waals surface area (Å²) in [6, 6.07) is 16.0. The molecule has 1 saturated carbocycles. The monoisotopic (exact) mass is 365 g/mol. The van der Waals surface area contributed by atoms with Crippen LogP contribution in [-0.4, -0.2) is 20.0 Å². The van der Waals surface area contributed by atoms with Gasteiger partial charge >= 0.3 is 0 Å². The average molecular weight is 365 g/mol. The lowest BCUT2D eigenvalue weighted by Crippen LogP contribution is -2.47. The van der Waals surface area contributed by atoms with E-state index >= 15 is 0 Å². The number of ketones is 1. The summed E-state index contributed by atoms with van der Waals surface area (Å²) in [5, 5.41) is 3.83. The Kier molecular flexibility index (Phi) is 5.17. The summed E-state index contributed by atoms with van der Waals surface area (Å²) in [5.74, 6) is 2.06. The van der Waals surface area contributed by atoms with Crippen LogP contribution in [0.1, 0.15) is 48.9 Å². The summed E-state index contributed by atoms with van der Waals surface area (Å²) in [7, 11) is 3.38. The molecule has 0 aromatic heterocycles. The number of Topliss-reactive ketones (excluding diaryl/α,β-unsaturated/α-hetero) is 1. The molecule has 0 amide bonds. The molecule has 0 unspecified atom stereocenters. The van der Waals surface area contributed by atoms with Crippen LogP contribution in [0.4, 0.5) is 0 Å². The Morgan fingerprint density at radius 3 is 1.67 bits per heavy atom. The molecule has 1 aliphatic heterocycles. The van der Waals surface area contributed by atoms with Gasteiger partial charge in [-0.05, 0) is 25.0 Å². The zero-order valence-corrected chi connectivity index (χ0v) is 16.0. The van der Waals surface area contributed by atoms with Gasteiger partial charge in [0.05, 0.1) is 14.2 Å². The van der Waals surface area contributed by atoms with Crippen LogP contribution in [-0.2, 0) is 4.79 Å². The van der Waals surface area contributed by atoms with Gasteiger partial charge in [0, 0.05) is 35.0 Å². The van der Waals surface area contributed by atoms with Gasteiger partial charge in [0.1, 0.15) is 17.3 Å². The van der Waals surface area contributed by atoms with E-state index in [0.717, 1.165) is 48.3 Å². The van der Waals surface area contributed by atoms with E-state index in [-0.39, 0.29) is 23.9 Å². The predicted octanol–water partition coefficient (Wildman–Crippen LogP) is 4.46. The van der Waals surface area contributed by atoms with E-state index in [1.165, 1.54) is 0 Å². The number of nitrogens with one attached hydrogen (secondary N) is 1. The Morgan fingerprint density at radius 1 is 0.778 bits per heavy atom. The minimum atomic E-state index is -0.0436. The number of benzene rings is 2. The molecule has 142 valence electrons. The molecule has 4 rings (SSSR count). The van der Waals surface area contributed by atoms with E-state index in [1.807, 2.05) is 36.4 Å². The molecule has 2 aromatic carbocycles. The molecular formula is C23H27NO3. The van der Waals surface area contributed by atoms with E-state index < -0.39 is 0 Å². The minimum absolute atomic E-state index is 0.000225. The molecule has 1 saturated heterocycles. The van der Waals surface area contributed by atoms with Gasteiger partial charge in [0.15, 0.2) is 0 Å². The van der Waals surface area contributed by atoms with Crippen LogP contribution >= 0.6 is 0 Å². The number of piperidine rings is 1. The van der Waals surface area contributed by atoms with Crippen molar-refractivity contribution in [3.8, 4) is 11.5 Å². The quantitative estimate of drug-likeness (QED) is 0.869. The Balaban J connectivity index is 1.80. The largest absolute Gasteiger partial charge is 0.496 e. The van der Waals surface area contributed by atoms with Crippen molar-refractivity contribution in [2.24, 2.45) is 11.8 Å². The topological polar surface area (TPSA) is 47.6 Å². The van der Waals surface area contributed by atoms with E-state index in [4.69, 9.17) is 9.47 Å². The van der Waals surface area contributed by atoms with Crippen LogP contribution in [0.3, 0.4) is 0 Å². The molecule has 27 heavy (non-hydrogen) atoms. The highest BCUT2D eigenvalue weighted by molar-refractivity contribution is 5.86. The normalized spacial score (nSPS) is 27.7. The van der Waals surface area contributed by atoms with E-state index in [0.29, 0.717) is 5.78 Å². The number of fused-ring (bicyclic) bond motifs is 2. The van der Waals surface area contributed by atoms with Crippen molar-refractivity contribution in [1.82, 2.24) is 5.32 Å². The number of rotatable bonds is 4. The van der Waals surface area contributed by atoms with Gasteiger partial charge in [-0.25, -0.2) is 0 Å². The average Bonchev–Trinajstić information content (AvgIpc) is 2.84. The van der Waals surface area contributed by atoms with Crippen LogP contribution in [0.5, 0.6) is 11.5 Å². The van der Waals surface area contributed by atoms with Gasteiger partial charge in [0.25, 0.3) is 0 Å².